The smallest absolute Gasteiger partial charge is 0.310 e. The number of carbonyl (C=O) groups excluding carboxylic acids is 1. The lowest BCUT2D eigenvalue weighted by Crippen LogP contribution is -2.08. The van der Waals surface area contributed by atoms with Gasteiger partial charge in [-0.3, -0.25) is 4.79 Å². The lowest BCUT2D eigenvalue weighted by atomic mass is 10.2. The summed E-state index contributed by atoms with van der Waals surface area (Å²) in [5.41, 5.74) is 2.35. The zero-order chi connectivity index (χ0) is 17.4. The Morgan fingerprint density at radius 2 is 2.12 bits per heavy atom. The van der Waals surface area contributed by atoms with Crippen molar-refractivity contribution in [2.24, 2.45) is 5.92 Å². The zero-order valence-electron chi connectivity index (χ0n) is 13.7. The molecule has 1 fully saturated rings. The number of ether oxygens (including phenoxy) is 1. The summed E-state index contributed by atoms with van der Waals surface area (Å²) < 4.78 is 12.5. The van der Waals surface area contributed by atoms with Crippen molar-refractivity contribution in [2.45, 2.75) is 25.9 Å². The molecule has 1 aliphatic carbocycles. The van der Waals surface area contributed by atoms with Gasteiger partial charge in [0.1, 0.15) is 17.5 Å². The molecule has 0 unspecified atom stereocenters. The van der Waals surface area contributed by atoms with Crippen molar-refractivity contribution in [2.75, 3.05) is 0 Å². The molecule has 4 rings (SSSR count). The Morgan fingerprint density at radius 1 is 1.32 bits per heavy atom. The number of aryl methyl sites for hydroxylation is 1. The maximum absolute atomic E-state index is 12.2. The van der Waals surface area contributed by atoms with E-state index >= 15 is 0 Å². The number of hydrogen-bond acceptors (Lipinski definition) is 4. The molecule has 2 atom stereocenters. The molecular formula is C19H17ClN2O3. The van der Waals surface area contributed by atoms with E-state index in [2.05, 4.69) is 5.10 Å². The first-order valence-electron chi connectivity index (χ1n) is 8.14. The maximum atomic E-state index is 12.2. The van der Waals surface area contributed by atoms with Gasteiger partial charge in [0.15, 0.2) is 0 Å². The Hall–Kier alpha value is -2.53. The van der Waals surface area contributed by atoms with E-state index < -0.39 is 0 Å². The van der Waals surface area contributed by atoms with Gasteiger partial charge in [0.2, 0.25) is 0 Å². The first kappa shape index (κ1) is 16.0. The van der Waals surface area contributed by atoms with Crippen molar-refractivity contribution in [1.82, 2.24) is 9.78 Å². The van der Waals surface area contributed by atoms with E-state index in [4.69, 9.17) is 20.8 Å². The van der Waals surface area contributed by atoms with Gasteiger partial charge in [-0.2, -0.15) is 5.10 Å². The highest BCUT2D eigenvalue weighted by atomic mass is 35.5. The number of benzene rings is 1. The highest BCUT2D eigenvalue weighted by Gasteiger charge is 2.47. The van der Waals surface area contributed by atoms with Crippen molar-refractivity contribution in [3.63, 3.8) is 0 Å². The molecule has 1 aliphatic rings. The van der Waals surface area contributed by atoms with Crippen LogP contribution >= 0.6 is 11.6 Å². The Bertz CT molecular complexity index is 887. The van der Waals surface area contributed by atoms with Crippen molar-refractivity contribution in [3.8, 4) is 5.69 Å². The summed E-state index contributed by atoms with van der Waals surface area (Å²) in [6.07, 6.45) is 2.39. The van der Waals surface area contributed by atoms with Crippen LogP contribution in [0, 0.1) is 12.8 Å². The first-order chi connectivity index (χ1) is 12.1. The van der Waals surface area contributed by atoms with E-state index in [1.54, 1.807) is 10.9 Å². The Kier molecular flexibility index (Phi) is 4.09. The second kappa shape index (κ2) is 6.41. The van der Waals surface area contributed by atoms with Crippen LogP contribution in [0.15, 0.2) is 53.1 Å². The number of carbonyl (C=O) groups is 1. The molecule has 2 aromatic heterocycles. The number of aromatic nitrogens is 2. The van der Waals surface area contributed by atoms with Crippen LogP contribution < -0.4 is 0 Å². The minimum absolute atomic E-state index is 0.123. The molecule has 1 saturated carbocycles. The van der Waals surface area contributed by atoms with Crippen molar-refractivity contribution >= 4 is 17.6 Å². The largest absolute Gasteiger partial charge is 0.469 e. The molecule has 2 heterocycles. The number of rotatable bonds is 5. The van der Waals surface area contributed by atoms with Crippen LogP contribution in [0.25, 0.3) is 5.69 Å². The van der Waals surface area contributed by atoms with Crippen LogP contribution in [0.1, 0.15) is 29.4 Å². The summed E-state index contributed by atoms with van der Waals surface area (Å²) >= 11 is 6.45. The normalized spacial score (nSPS) is 19.0. The molecule has 25 heavy (non-hydrogen) atoms. The SMILES string of the molecule is Cc1nn(-c2ccccc2)c(Cl)c1COC(=O)[C@@H]1C[C@@H]1c1ccco1. The van der Waals surface area contributed by atoms with Gasteiger partial charge in [-0.05, 0) is 37.6 Å². The fourth-order valence-electron chi connectivity index (χ4n) is 2.96. The van der Waals surface area contributed by atoms with Gasteiger partial charge in [-0.15, -0.1) is 0 Å². The summed E-state index contributed by atoms with van der Waals surface area (Å²) in [5, 5.41) is 4.92. The summed E-state index contributed by atoms with van der Waals surface area (Å²) in [6.45, 7) is 1.98. The van der Waals surface area contributed by atoms with Crippen LogP contribution in [0.4, 0.5) is 0 Å². The van der Waals surface area contributed by atoms with Crippen LogP contribution in [0.5, 0.6) is 0 Å². The van der Waals surface area contributed by atoms with E-state index in [-0.39, 0.29) is 24.4 Å². The number of para-hydroxylation sites is 1. The third-order valence-electron chi connectivity index (χ3n) is 4.48. The van der Waals surface area contributed by atoms with Gasteiger partial charge in [0.25, 0.3) is 0 Å². The van der Waals surface area contributed by atoms with Crippen molar-refractivity contribution in [1.29, 1.82) is 0 Å². The van der Waals surface area contributed by atoms with Crippen LogP contribution in [-0.4, -0.2) is 15.7 Å². The molecule has 3 aromatic rings. The van der Waals surface area contributed by atoms with Gasteiger partial charge in [0, 0.05) is 11.5 Å². The molecular weight excluding hydrogens is 340 g/mol. The Morgan fingerprint density at radius 3 is 2.84 bits per heavy atom. The lowest BCUT2D eigenvalue weighted by Gasteiger charge is -2.05. The molecule has 0 radical (unpaired) electrons. The lowest BCUT2D eigenvalue weighted by molar-refractivity contribution is -0.146. The molecule has 1 aromatic carbocycles. The predicted molar refractivity (Wildman–Crippen MR) is 92.7 cm³/mol. The highest BCUT2D eigenvalue weighted by Crippen LogP contribution is 2.48. The summed E-state index contributed by atoms with van der Waals surface area (Å²) in [7, 11) is 0. The molecule has 0 N–H and O–H groups in total. The summed E-state index contributed by atoms with van der Waals surface area (Å²) in [6, 6.07) is 13.3. The predicted octanol–water partition coefficient (Wildman–Crippen LogP) is 4.27. The minimum Gasteiger partial charge on any atom is -0.469 e. The molecule has 0 aliphatic heterocycles. The van der Waals surface area contributed by atoms with Crippen molar-refractivity contribution in [3.05, 3.63) is 70.9 Å². The number of furan rings is 1. The number of esters is 1. The minimum atomic E-state index is -0.218. The van der Waals surface area contributed by atoms with E-state index in [0.717, 1.165) is 29.1 Å². The third kappa shape index (κ3) is 3.07. The monoisotopic (exact) mass is 356 g/mol. The summed E-state index contributed by atoms with van der Waals surface area (Å²) in [5.74, 6) is 0.623. The zero-order valence-corrected chi connectivity index (χ0v) is 14.4. The fraction of sp³-hybridized carbons (Fsp3) is 0.263. The molecule has 128 valence electrons. The Balaban J connectivity index is 1.44. The molecule has 0 bridgehead atoms. The maximum Gasteiger partial charge on any atom is 0.310 e. The topological polar surface area (TPSA) is 57.3 Å². The van der Waals surface area contributed by atoms with Gasteiger partial charge < -0.3 is 9.15 Å². The standard InChI is InChI=1S/C19H17ClN2O3/c1-12-16(18(20)22(21-12)13-6-3-2-4-7-13)11-25-19(23)15-10-14(15)17-8-5-9-24-17/h2-9,14-15H,10-11H2,1H3/t14-,15+/m0/s1. The van der Waals surface area contributed by atoms with Crippen LogP contribution in [0.2, 0.25) is 5.15 Å². The molecule has 6 heteroatoms. The van der Waals surface area contributed by atoms with Crippen molar-refractivity contribution < 1.29 is 13.9 Å². The van der Waals surface area contributed by atoms with Gasteiger partial charge in [0.05, 0.1) is 23.6 Å². The fourth-order valence-corrected chi connectivity index (χ4v) is 3.28. The second-order valence-corrected chi connectivity index (χ2v) is 6.53. The third-order valence-corrected chi connectivity index (χ3v) is 4.87. The van der Waals surface area contributed by atoms with E-state index in [9.17, 15) is 4.79 Å². The first-order valence-corrected chi connectivity index (χ1v) is 8.52. The average Bonchev–Trinajstić information content (AvgIpc) is 3.13. The molecule has 0 saturated heterocycles. The Labute approximate surface area is 150 Å². The van der Waals surface area contributed by atoms with Gasteiger partial charge >= 0.3 is 5.97 Å². The van der Waals surface area contributed by atoms with E-state index in [1.165, 1.54) is 0 Å². The number of hydrogen-bond donors (Lipinski definition) is 0. The quantitative estimate of drug-likeness (QED) is 0.640. The summed E-state index contributed by atoms with van der Waals surface area (Å²) in [4.78, 5) is 12.2. The van der Waals surface area contributed by atoms with Crippen LogP contribution in [0.3, 0.4) is 0 Å². The molecule has 0 amide bonds. The molecule has 5 nitrogen and oxygen atoms in total. The van der Waals surface area contributed by atoms with Gasteiger partial charge in [-0.1, -0.05) is 29.8 Å². The number of nitrogens with zero attached hydrogens (tertiary/aromatic N) is 2. The second-order valence-electron chi connectivity index (χ2n) is 6.17. The van der Waals surface area contributed by atoms with Crippen LogP contribution in [-0.2, 0) is 16.1 Å². The number of halogens is 1. The molecule has 0 spiro atoms. The van der Waals surface area contributed by atoms with E-state index in [1.807, 2.05) is 49.4 Å². The highest BCUT2D eigenvalue weighted by molar-refractivity contribution is 6.30. The van der Waals surface area contributed by atoms with E-state index in [0.29, 0.717) is 5.15 Å². The van der Waals surface area contributed by atoms with Gasteiger partial charge in [-0.25, -0.2) is 4.68 Å². The average molecular weight is 357 g/mol.